The maximum atomic E-state index is 12.7. The Morgan fingerprint density at radius 1 is 0.500 bits per heavy atom. The smallest absolute Gasteiger partial charge is 0.310 e. The molecule has 1 aromatic rings. The molecule has 214 valence electrons. The molecule has 1 aromatic carbocycles. The van der Waals surface area contributed by atoms with Gasteiger partial charge in [0.25, 0.3) is 0 Å². The molecule has 5 rings (SSSR count). The van der Waals surface area contributed by atoms with E-state index >= 15 is 0 Å². The number of benzene rings is 1. The summed E-state index contributed by atoms with van der Waals surface area (Å²) in [5, 5.41) is 0. The molecule has 0 aliphatic carbocycles. The lowest BCUT2D eigenvalue weighted by Crippen LogP contribution is -2.10. The average molecular weight is 759 g/mol. The highest BCUT2D eigenvalue weighted by atomic mass is 32.3. The van der Waals surface area contributed by atoms with Crippen molar-refractivity contribution in [3.05, 3.63) is 33.9 Å². The van der Waals surface area contributed by atoms with Crippen molar-refractivity contribution in [3.63, 3.8) is 0 Å². The maximum Gasteiger partial charge on any atom is 0.310 e. The number of ether oxygens (including phenoxy) is 2. The van der Waals surface area contributed by atoms with Crippen LogP contribution in [0, 0.1) is 0 Å². The fourth-order valence-corrected chi connectivity index (χ4v) is 19.4. The van der Waals surface area contributed by atoms with Crippen LogP contribution >= 0.6 is 141 Å². The monoisotopic (exact) mass is 758 g/mol. The minimum Gasteiger partial charge on any atom is -0.424 e. The van der Waals surface area contributed by atoms with E-state index in [1.807, 2.05) is 13.8 Å². The Balaban J connectivity index is 1.61. The molecule has 0 amide bonds. The molecule has 0 bridgehead atoms. The third-order valence-corrected chi connectivity index (χ3v) is 21.8. The molecular weight excluding hydrogens is 737 g/mol. The third kappa shape index (κ3) is 6.63. The van der Waals surface area contributed by atoms with Crippen LogP contribution in [-0.4, -0.2) is 37.0 Å². The SMILES string of the molecule is CCC(=O)Oc1c2c(c(OC(=O)CC)c3c1SC(=C1SC(SC)=C(SC)S1)S3)SC(=C1SC(SC)=C(SC)S1)S2. The van der Waals surface area contributed by atoms with E-state index in [4.69, 9.17) is 9.47 Å². The normalized spacial score (nSPS) is 18.4. The molecule has 16 heteroatoms. The first-order valence-electron chi connectivity index (χ1n) is 11.6. The van der Waals surface area contributed by atoms with Crippen molar-refractivity contribution in [3.8, 4) is 11.5 Å². The molecule has 40 heavy (non-hydrogen) atoms. The topological polar surface area (TPSA) is 52.6 Å². The lowest BCUT2D eigenvalue weighted by molar-refractivity contribution is -0.135. The number of thioether (sulfide) groups is 12. The van der Waals surface area contributed by atoms with Crippen LogP contribution in [-0.2, 0) is 9.59 Å². The maximum absolute atomic E-state index is 12.7. The molecule has 0 radical (unpaired) electrons. The molecule has 4 heterocycles. The molecule has 0 spiro atoms. The van der Waals surface area contributed by atoms with Gasteiger partial charge in [-0.25, -0.2) is 0 Å². The summed E-state index contributed by atoms with van der Waals surface area (Å²) in [7, 11) is 0. The Morgan fingerprint density at radius 2 is 0.750 bits per heavy atom. The van der Waals surface area contributed by atoms with Gasteiger partial charge in [0.2, 0.25) is 0 Å². The van der Waals surface area contributed by atoms with Crippen molar-refractivity contribution >= 4 is 153 Å². The first-order chi connectivity index (χ1) is 19.3. The molecule has 0 unspecified atom stereocenters. The summed E-state index contributed by atoms with van der Waals surface area (Å²) in [6, 6.07) is 0. The molecule has 4 aliphatic heterocycles. The van der Waals surface area contributed by atoms with E-state index in [1.54, 1.807) is 141 Å². The minimum atomic E-state index is -0.276. The third-order valence-electron chi connectivity index (χ3n) is 5.18. The van der Waals surface area contributed by atoms with Crippen molar-refractivity contribution in [2.75, 3.05) is 25.0 Å². The highest BCUT2D eigenvalue weighted by Crippen LogP contribution is 2.72. The van der Waals surface area contributed by atoms with Gasteiger partial charge in [-0.15, -0.1) is 47.0 Å². The Labute approximate surface area is 285 Å². The number of hydrogen-bond donors (Lipinski definition) is 0. The van der Waals surface area contributed by atoms with E-state index in [2.05, 4.69) is 25.0 Å². The molecule has 0 atom stereocenters. The number of hydrogen-bond acceptors (Lipinski definition) is 16. The van der Waals surface area contributed by atoms with E-state index in [9.17, 15) is 9.59 Å². The Morgan fingerprint density at radius 3 is 0.975 bits per heavy atom. The van der Waals surface area contributed by atoms with Crippen molar-refractivity contribution in [2.24, 2.45) is 0 Å². The zero-order valence-corrected chi connectivity index (χ0v) is 31.7. The summed E-state index contributed by atoms with van der Waals surface area (Å²) >= 11 is 20.7. The number of fused-ring (bicyclic) bond motifs is 2. The minimum absolute atomic E-state index is 0.276. The van der Waals surface area contributed by atoms with Crippen LogP contribution in [0.15, 0.2) is 53.5 Å². The largest absolute Gasteiger partial charge is 0.424 e. The van der Waals surface area contributed by atoms with E-state index in [0.717, 1.165) is 28.1 Å². The van der Waals surface area contributed by atoms with Crippen LogP contribution in [0.3, 0.4) is 0 Å². The first kappa shape index (κ1) is 32.7. The zero-order chi connectivity index (χ0) is 28.6. The number of esters is 2. The Hall–Kier alpha value is 1.32. The molecule has 0 saturated heterocycles. The van der Waals surface area contributed by atoms with Crippen LogP contribution in [0.5, 0.6) is 11.5 Å². The predicted molar refractivity (Wildman–Crippen MR) is 194 cm³/mol. The molecule has 0 aromatic heterocycles. The van der Waals surface area contributed by atoms with Gasteiger partial charge >= 0.3 is 11.9 Å². The fourth-order valence-electron chi connectivity index (χ4n) is 3.34. The van der Waals surface area contributed by atoms with Gasteiger partial charge in [0.1, 0.15) is 0 Å². The van der Waals surface area contributed by atoms with E-state index < -0.39 is 0 Å². The second-order valence-electron chi connectivity index (χ2n) is 7.56. The van der Waals surface area contributed by atoms with Gasteiger partial charge in [0, 0.05) is 12.8 Å². The molecule has 0 saturated carbocycles. The summed E-state index contributed by atoms with van der Waals surface area (Å²) < 4.78 is 22.0. The van der Waals surface area contributed by atoms with Crippen LogP contribution < -0.4 is 9.47 Å². The molecule has 4 nitrogen and oxygen atoms in total. The van der Waals surface area contributed by atoms with Crippen molar-refractivity contribution < 1.29 is 19.1 Å². The van der Waals surface area contributed by atoms with Crippen molar-refractivity contribution in [2.45, 2.75) is 46.3 Å². The van der Waals surface area contributed by atoms with Crippen LogP contribution in [0.1, 0.15) is 26.7 Å². The Kier molecular flexibility index (Phi) is 11.9. The summed E-state index contributed by atoms with van der Waals surface area (Å²) in [6.07, 6.45) is 8.97. The van der Waals surface area contributed by atoms with Crippen LogP contribution in [0.4, 0.5) is 0 Å². The zero-order valence-electron chi connectivity index (χ0n) is 21.9. The summed E-state index contributed by atoms with van der Waals surface area (Å²) in [5.74, 6) is 0.618. The predicted octanol–water partition coefficient (Wildman–Crippen LogP) is 11.6. The highest BCUT2D eigenvalue weighted by Gasteiger charge is 2.41. The molecule has 4 aliphatic rings. The Bertz CT molecular complexity index is 1230. The highest BCUT2D eigenvalue weighted by molar-refractivity contribution is 8.42. The molecule has 0 N–H and O–H groups in total. The van der Waals surface area contributed by atoms with Gasteiger partial charge in [0.05, 0.1) is 53.5 Å². The summed E-state index contributed by atoms with van der Waals surface area (Å²) in [6.45, 7) is 3.61. The van der Waals surface area contributed by atoms with Crippen LogP contribution in [0.25, 0.3) is 0 Å². The second-order valence-corrected chi connectivity index (χ2v) is 21.1. The fraction of sp³-hybridized carbons (Fsp3) is 0.333. The van der Waals surface area contributed by atoms with Gasteiger partial charge in [-0.05, 0) is 25.0 Å². The van der Waals surface area contributed by atoms with Crippen LogP contribution in [0.2, 0.25) is 0 Å². The van der Waals surface area contributed by atoms with Gasteiger partial charge in [0.15, 0.2) is 11.5 Å². The lowest BCUT2D eigenvalue weighted by atomic mass is 10.3. The second kappa shape index (κ2) is 14.6. The van der Waals surface area contributed by atoms with Crippen molar-refractivity contribution in [1.29, 1.82) is 0 Å². The van der Waals surface area contributed by atoms with Gasteiger partial charge in [-0.1, -0.05) is 108 Å². The molecule has 0 fully saturated rings. The average Bonchev–Trinajstić information content (AvgIpc) is 3.76. The van der Waals surface area contributed by atoms with E-state index in [0.29, 0.717) is 11.5 Å². The van der Waals surface area contributed by atoms with E-state index in [-0.39, 0.29) is 24.8 Å². The number of carbonyl (C=O) groups excluding carboxylic acids is 2. The quantitative estimate of drug-likeness (QED) is 0.186. The van der Waals surface area contributed by atoms with Gasteiger partial charge in [-0.3, -0.25) is 9.59 Å². The number of rotatable bonds is 8. The number of carbonyl (C=O) groups is 2. The van der Waals surface area contributed by atoms with Gasteiger partial charge in [-0.2, -0.15) is 0 Å². The van der Waals surface area contributed by atoms with E-state index in [1.165, 1.54) is 25.4 Å². The van der Waals surface area contributed by atoms with Gasteiger partial charge < -0.3 is 9.47 Å². The molecular formula is C24H22O4S12. The lowest BCUT2D eigenvalue weighted by Gasteiger charge is -2.16. The van der Waals surface area contributed by atoms with Crippen molar-refractivity contribution in [1.82, 2.24) is 0 Å². The summed E-state index contributed by atoms with van der Waals surface area (Å²) in [4.78, 5) is 28.8. The summed E-state index contributed by atoms with van der Waals surface area (Å²) in [5.41, 5.74) is 0. The standard InChI is InChI=1S/C24H22O4S12/c1-7-9(25)27-11-13-15(35-21(33-13)23-37-17(29-3)18(30-4)38-23)12(28-10(26)8-2)16-14(11)34-22(36-16)24-39-19(31-5)20(32-6)40-24/h7-8H2,1-6H3. The first-order valence-corrected chi connectivity index (χ1v) is 23.0.